The van der Waals surface area contributed by atoms with Crippen molar-refractivity contribution in [1.82, 2.24) is 4.90 Å². The summed E-state index contributed by atoms with van der Waals surface area (Å²) >= 11 is 9.34. The number of carbonyl (C=O) groups is 1. The van der Waals surface area contributed by atoms with Crippen molar-refractivity contribution >= 4 is 46.3 Å². The topological polar surface area (TPSA) is 20.3 Å². The van der Waals surface area contributed by atoms with Gasteiger partial charge in [0.05, 0.1) is 0 Å². The molecule has 2 aromatic heterocycles. The second-order valence-electron chi connectivity index (χ2n) is 6.07. The zero-order valence-corrected chi connectivity index (χ0v) is 16.9. The Kier molecular flexibility index (Phi) is 6.67. The quantitative estimate of drug-likeness (QED) is 0.435. The van der Waals surface area contributed by atoms with E-state index in [0.29, 0.717) is 11.6 Å². The van der Waals surface area contributed by atoms with Crippen molar-refractivity contribution in [3.8, 4) is 0 Å². The van der Waals surface area contributed by atoms with E-state index in [1.165, 1.54) is 4.88 Å². The van der Waals surface area contributed by atoms with E-state index < -0.39 is 0 Å². The first-order chi connectivity index (χ1) is 12.6. The zero-order valence-electron chi connectivity index (χ0n) is 14.5. The molecule has 3 aromatic rings. The number of hydrogen-bond acceptors (Lipinski definition) is 3. The molecule has 0 spiro atoms. The van der Waals surface area contributed by atoms with Crippen LogP contribution >= 0.6 is 34.3 Å². The Hall–Kier alpha value is -1.88. The summed E-state index contributed by atoms with van der Waals surface area (Å²) in [5, 5.41) is 4.79. The molecule has 0 saturated heterocycles. The van der Waals surface area contributed by atoms with Crippen molar-refractivity contribution in [1.29, 1.82) is 0 Å². The van der Waals surface area contributed by atoms with Crippen molar-refractivity contribution in [2.75, 3.05) is 0 Å². The van der Waals surface area contributed by atoms with Gasteiger partial charge in [-0.25, -0.2) is 0 Å². The lowest BCUT2D eigenvalue weighted by Gasteiger charge is -2.28. The fourth-order valence-electron chi connectivity index (χ4n) is 2.70. The highest BCUT2D eigenvalue weighted by Crippen LogP contribution is 2.19. The van der Waals surface area contributed by atoms with Crippen LogP contribution in [0.4, 0.5) is 0 Å². The van der Waals surface area contributed by atoms with E-state index in [9.17, 15) is 4.79 Å². The van der Waals surface area contributed by atoms with Crippen LogP contribution in [-0.2, 0) is 17.8 Å². The number of halogens is 1. The Morgan fingerprint density at radius 3 is 2.50 bits per heavy atom. The molecule has 5 heteroatoms. The standard InChI is InChI=1S/C21H20ClNOS2/c1-16(14-20-5-3-13-26-20)23(15-17-6-8-18(22)9-7-17)21(24)11-10-19-4-2-12-25-19/h2-13,16H,14-15H2,1H3/b11-10+/t16-/m1/s1. The fraction of sp³-hybridized carbons (Fsp3) is 0.190. The SMILES string of the molecule is C[C@H](Cc1cccs1)N(Cc1ccc(Cl)cc1)C(=O)/C=C/c1cccs1. The number of hydrogen-bond donors (Lipinski definition) is 0. The summed E-state index contributed by atoms with van der Waals surface area (Å²) in [5.74, 6) is 0.0254. The number of carbonyl (C=O) groups excluding carboxylic acids is 1. The van der Waals surface area contributed by atoms with Gasteiger partial charge in [0.1, 0.15) is 0 Å². The summed E-state index contributed by atoms with van der Waals surface area (Å²) < 4.78 is 0. The molecule has 0 N–H and O–H groups in total. The van der Waals surface area contributed by atoms with Crippen LogP contribution in [-0.4, -0.2) is 16.8 Å². The molecule has 2 heterocycles. The zero-order chi connectivity index (χ0) is 18.4. The van der Waals surface area contributed by atoms with Crippen molar-refractivity contribution in [2.24, 2.45) is 0 Å². The third-order valence-electron chi connectivity index (χ3n) is 4.09. The van der Waals surface area contributed by atoms with E-state index in [4.69, 9.17) is 11.6 Å². The van der Waals surface area contributed by atoms with Crippen molar-refractivity contribution in [3.05, 3.63) is 85.7 Å². The normalized spacial score (nSPS) is 12.4. The molecule has 1 atom stereocenters. The Morgan fingerprint density at radius 1 is 1.12 bits per heavy atom. The molecule has 0 aliphatic rings. The monoisotopic (exact) mass is 401 g/mol. The minimum Gasteiger partial charge on any atom is -0.332 e. The summed E-state index contributed by atoms with van der Waals surface area (Å²) in [6, 6.07) is 15.9. The van der Waals surface area contributed by atoms with Crippen LogP contribution in [0.3, 0.4) is 0 Å². The summed E-state index contributed by atoms with van der Waals surface area (Å²) in [6.45, 7) is 2.67. The van der Waals surface area contributed by atoms with Crippen LogP contribution in [0.15, 0.2) is 65.4 Å². The van der Waals surface area contributed by atoms with Gasteiger partial charge in [0, 0.05) is 39.9 Å². The lowest BCUT2D eigenvalue weighted by atomic mass is 10.1. The average Bonchev–Trinajstić information content (AvgIpc) is 3.33. The lowest BCUT2D eigenvalue weighted by Crippen LogP contribution is -2.38. The summed E-state index contributed by atoms with van der Waals surface area (Å²) in [6.07, 6.45) is 4.41. The van der Waals surface area contributed by atoms with Crippen LogP contribution in [0.1, 0.15) is 22.2 Å². The highest BCUT2D eigenvalue weighted by molar-refractivity contribution is 7.10. The molecule has 1 aromatic carbocycles. The van der Waals surface area contributed by atoms with Gasteiger partial charge in [0.2, 0.25) is 5.91 Å². The maximum Gasteiger partial charge on any atom is 0.247 e. The third-order valence-corrected chi connectivity index (χ3v) is 6.08. The largest absolute Gasteiger partial charge is 0.332 e. The van der Waals surface area contributed by atoms with Gasteiger partial charge in [-0.2, -0.15) is 0 Å². The minimum absolute atomic E-state index is 0.0254. The summed E-state index contributed by atoms with van der Waals surface area (Å²) in [5.41, 5.74) is 1.07. The van der Waals surface area contributed by atoms with Crippen LogP contribution in [0.5, 0.6) is 0 Å². The van der Waals surface area contributed by atoms with E-state index in [1.807, 2.05) is 52.8 Å². The van der Waals surface area contributed by atoms with Crippen molar-refractivity contribution in [2.45, 2.75) is 25.9 Å². The second kappa shape index (κ2) is 9.17. The molecule has 26 heavy (non-hydrogen) atoms. The molecule has 0 saturated carbocycles. The third kappa shape index (κ3) is 5.31. The van der Waals surface area contributed by atoms with E-state index in [2.05, 4.69) is 24.4 Å². The van der Waals surface area contributed by atoms with Gasteiger partial charge < -0.3 is 4.90 Å². The number of thiophene rings is 2. The van der Waals surface area contributed by atoms with Gasteiger partial charge in [-0.3, -0.25) is 4.79 Å². The van der Waals surface area contributed by atoms with Gasteiger partial charge in [-0.1, -0.05) is 35.9 Å². The number of amides is 1. The molecular formula is C21H20ClNOS2. The lowest BCUT2D eigenvalue weighted by molar-refractivity contribution is -0.128. The first-order valence-electron chi connectivity index (χ1n) is 8.41. The molecule has 1 amide bonds. The Morgan fingerprint density at radius 2 is 1.85 bits per heavy atom. The van der Waals surface area contributed by atoms with E-state index in [1.54, 1.807) is 28.7 Å². The summed E-state index contributed by atoms with van der Waals surface area (Å²) in [4.78, 5) is 17.2. The molecular weight excluding hydrogens is 382 g/mol. The molecule has 0 aliphatic heterocycles. The fourth-order valence-corrected chi connectivity index (χ4v) is 4.27. The smallest absolute Gasteiger partial charge is 0.247 e. The van der Waals surface area contributed by atoms with Gasteiger partial charge in [-0.15, -0.1) is 22.7 Å². The number of benzene rings is 1. The highest BCUT2D eigenvalue weighted by Gasteiger charge is 2.19. The maximum atomic E-state index is 12.9. The van der Waals surface area contributed by atoms with Crippen LogP contribution in [0.25, 0.3) is 6.08 Å². The molecule has 0 radical (unpaired) electrons. The molecule has 134 valence electrons. The molecule has 3 rings (SSSR count). The predicted molar refractivity (Wildman–Crippen MR) is 113 cm³/mol. The van der Waals surface area contributed by atoms with Gasteiger partial charge >= 0.3 is 0 Å². The Bertz CT molecular complexity index is 839. The first kappa shape index (κ1) is 18.9. The first-order valence-corrected chi connectivity index (χ1v) is 10.5. The summed E-state index contributed by atoms with van der Waals surface area (Å²) in [7, 11) is 0. The van der Waals surface area contributed by atoms with Crippen molar-refractivity contribution in [3.63, 3.8) is 0 Å². The van der Waals surface area contributed by atoms with Crippen LogP contribution < -0.4 is 0 Å². The average molecular weight is 402 g/mol. The van der Waals surface area contributed by atoms with E-state index in [0.717, 1.165) is 16.9 Å². The Balaban J connectivity index is 1.77. The molecule has 0 aliphatic carbocycles. The number of nitrogens with zero attached hydrogens (tertiary/aromatic N) is 1. The van der Waals surface area contributed by atoms with Gasteiger partial charge in [0.25, 0.3) is 0 Å². The predicted octanol–water partition coefficient (Wildman–Crippen LogP) is 6.14. The van der Waals surface area contributed by atoms with Crippen LogP contribution in [0.2, 0.25) is 5.02 Å². The maximum absolute atomic E-state index is 12.9. The van der Waals surface area contributed by atoms with E-state index in [-0.39, 0.29) is 11.9 Å². The van der Waals surface area contributed by atoms with Crippen LogP contribution in [0, 0.1) is 0 Å². The van der Waals surface area contributed by atoms with E-state index >= 15 is 0 Å². The van der Waals surface area contributed by atoms with Gasteiger partial charge in [-0.05, 0) is 53.6 Å². The molecule has 0 fully saturated rings. The molecule has 2 nitrogen and oxygen atoms in total. The van der Waals surface area contributed by atoms with Gasteiger partial charge in [0.15, 0.2) is 0 Å². The van der Waals surface area contributed by atoms with Crippen molar-refractivity contribution < 1.29 is 4.79 Å². The highest BCUT2D eigenvalue weighted by atomic mass is 35.5. The minimum atomic E-state index is 0.0254. The second-order valence-corrected chi connectivity index (χ2v) is 8.52. The molecule has 0 unspecified atom stereocenters. The number of rotatable bonds is 7. The Labute approximate surface area is 167 Å². The molecule has 0 bridgehead atoms.